The molecule has 7 nitrogen and oxygen atoms in total. The van der Waals surface area contributed by atoms with Gasteiger partial charge in [0.15, 0.2) is 6.61 Å². The van der Waals surface area contributed by atoms with Crippen LogP contribution in [0.1, 0.15) is 18.4 Å². The van der Waals surface area contributed by atoms with Gasteiger partial charge in [0.05, 0.1) is 6.42 Å². The number of hydrogen-bond donors (Lipinski definition) is 2. The Balaban J connectivity index is 1.68. The van der Waals surface area contributed by atoms with Gasteiger partial charge in [-0.05, 0) is 18.4 Å². The predicted molar refractivity (Wildman–Crippen MR) is 88.1 cm³/mol. The maximum absolute atomic E-state index is 12.1. The third kappa shape index (κ3) is 7.16. The number of amides is 3. The van der Waals surface area contributed by atoms with E-state index >= 15 is 0 Å². The Kier molecular flexibility index (Phi) is 7.03. The lowest BCUT2D eigenvalue weighted by atomic mass is 9.96. The fourth-order valence-electron chi connectivity index (χ4n) is 2.62. The lowest BCUT2D eigenvalue weighted by Gasteiger charge is -2.30. The summed E-state index contributed by atoms with van der Waals surface area (Å²) in [5.74, 6) is -1.23. The van der Waals surface area contributed by atoms with Gasteiger partial charge >= 0.3 is 12.3 Å². The van der Waals surface area contributed by atoms with E-state index in [-0.39, 0.29) is 38.3 Å². The number of nitrogens with one attached hydrogen (secondary N) is 2. The zero-order valence-corrected chi connectivity index (χ0v) is 14.4. The van der Waals surface area contributed by atoms with E-state index in [0.29, 0.717) is 0 Å². The van der Waals surface area contributed by atoms with Crippen LogP contribution in [0.4, 0.5) is 18.0 Å². The van der Waals surface area contributed by atoms with Gasteiger partial charge in [0.1, 0.15) is 0 Å². The molecule has 10 heteroatoms. The minimum Gasteiger partial charge on any atom is -0.440 e. The molecule has 0 spiro atoms. The van der Waals surface area contributed by atoms with Crippen LogP contribution < -0.4 is 10.9 Å². The summed E-state index contributed by atoms with van der Waals surface area (Å²) in [4.78, 5) is 36.6. The van der Waals surface area contributed by atoms with E-state index in [4.69, 9.17) is 0 Å². The summed E-state index contributed by atoms with van der Waals surface area (Å²) in [5, 5.41) is 0. The third-order valence-corrected chi connectivity index (χ3v) is 4.02. The molecular formula is C17H20F3N3O4. The van der Waals surface area contributed by atoms with E-state index in [1.54, 1.807) is 24.3 Å². The van der Waals surface area contributed by atoms with Gasteiger partial charge in [-0.1, -0.05) is 30.3 Å². The molecule has 1 saturated heterocycles. The highest BCUT2D eigenvalue weighted by molar-refractivity contribution is 5.84. The van der Waals surface area contributed by atoms with Crippen molar-refractivity contribution in [3.8, 4) is 0 Å². The summed E-state index contributed by atoms with van der Waals surface area (Å²) in [6, 6.07) is 9.00. The molecule has 2 rings (SSSR count). The molecule has 0 radical (unpaired) electrons. The monoisotopic (exact) mass is 387 g/mol. The minimum absolute atomic E-state index is 0.104. The number of benzene rings is 1. The molecule has 1 heterocycles. The SMILES string of the molecule is O=C(Cc1ccccc1)NNC(=O)C1CCN(C(=O)OCC(F)(F)F)CC1. The molecule has 1 aliphatic rings. The van der Waals surface area contributed by atoms with Crippen molar-refractivity contribution in [3.05, 3.63) is 35.9 Å². The smallest absolute Gasteiger partial charge is 0.422 e. The molecule has 27 heavy (non-hydrogen) atoms. The number of rotatable bonds is 4. The first kappa shape index (κ1) is 20.5. The number of carbonyl (C=O) groups is 3. The van der Waals surface area contributed by atoms with E-state index in [2.05, 4.69) is 15.6 Å². The first-order chi connectivity index (χ1) is 12.7. The number of hydrazine groups is 1. The molecule has 0 aliphatic carbocycles. The van der Waals surface area contributed by atoms with Crippen LogP contribution in [-0.4, -0.2) is 48.7 Å². The van der Waals surface area contributed by atoms with Crippen molar-refractivity contribution in [3.63, 3.8) is 0 Å². The molecule has 1 fully saturated rings. The Labute approximate surface area is 153 Å². The average molecular weight is 387 g/mol. The van der Waals surface area contributed by atoms with Crippen molar-refractivity contribution in [1.29, 1.82) is 0 Å². The maximum atomic E-state index is 12.1. The van der Waals surface area contributed by atoms with Gasteiger partial charge in [-0.3, -0.25) is 20.4 Å². The van der Waals surface area contributed by atoms with Crippen LogP contribution in [-0.2, 0) is 20.7 Å². The molecule has 1 aromatic carbocycles. The minimum atomic E-state index is -4.58. The molecule has 0 unspecified atom stereocenters. The van der Waals surface area contributed by atoms with Crippen LogP contribution in [0.2, 0.25) is 0 Å². The highest BCUT2D eigenvalue weighted by atomic mass is 19.4. The molecule has 0 aromatic heterocycles. The summed E-state index contributed by atoms with van der Waals surface area (Å²) in [7, 11) is 0. The number of carbonyl (C=O) groups excluding carboxylic acids is 3. The Morgan fingerprint density at radius 1 is 1.07 bits per heavy atom. The van der Waals surface area contributed by atoms with Gasteiger partial charge < -0.3 is 9.64 Å². The number of piperidine rings is 1. The van der Waals surface area contributed by atoms with E-state index in [1.165, 1.54) is 0 Å². The summed E-state index contributed by atoms with van der Waals surface area (Å²) in [5.41, 5.74) is 5.47. The van der Waals surface area contributed by atoms with Gasteiger partial charge in [-0.2, -0.15) is 13.2 Å². The second-order valence-corrected chi connectivity index (χ2v) is 6.13. The van der Waals surface area contributed by atoms with Gasteiger partial charge in [0, 0.05) is 19.0 Å². The number of halogens is 3. The highest BCUT2D eigenvalue weighted by Gasteiger charge is 2.33. The van der Waals surface area contributed by atoms with Gasteiger partial charge in [-0.15, -0.1) is 0 Å². The molecule has 2 N–H and O–H groups in total. The van der Waals surface area contributed by atoms with Crippen LogP contribution in [0.5, 0.6) is 0 Å². The quantitative estimate of drug-likeness (QED) is 0.771. The Hall–Kier alpha value is -2.78. The van der Waals surface area contributed by atoms with Crippen molar-refractivity contribution in [2.24, 2.45) is 5.92 Å². The highest BCUT2D eigenvalue weighted by Crippen LogP contribution is 2.19. The van der Waals surface area contributed by atoms with Crippen LogP contribution in [0, 0.1) is 5.92 Å². The van der Waals surface area contributed by atoms with Crippen molar-refractivity contribution < 1.29 is 32.3 Å². The first-order valence-corrected chi connectivity index (χ1v) is 8.35. The maximum Gasteiger partial charge on any atom is 0.422 e. The molecule has 3 amide bonds. The Morgan fingerprint density at radius 2 is 1.70 bits per heavy atom. The van der Waals surface area contributed by atoms with Crippen molar-refractivity contribution in [2.75, 3.05) is 19.7 Å². The molecule has 1 aliphatic heterocycles. The Morgan fingerprint density at radius 3 is 2.30 bits per heavy atom. The van der Waals surface area contributed by atoms with Crippen molar-refractivity contribution >= 4 is 17.9 Å². The fraction of sp³-hybridized carbons (Fsp3) is 0.471. The second-order valence-electron chi connectivity index (χ2n) is 6.13. The number of likely N-dealkylation sites (tertiary alicyclic amines) is 1. The normalized spacial score (nSPS) is 15.1. The van der Waals surface area contributed by atoms with Crippen molar-refractivity contribution in [1.82, 2.24) is 15.8 Å². The third-order valence-electron chi connectivity index (χ3n) is 4.02. The number of alkyl halides is 3. The van der Waals surface area contributed by atoms with Gasteiger partial charge in [0.2, 0.25) is 11.8 Å². The molecule has 0 atom stereocenters. The van der Waals surface area contributed by atoms with Crippen LogP contribution in [0.25, 0.3) is 0 Å². The molecule has 0 saturated carbocycles. The molecular weight excluding hydrogens is 367 g/mol. The zero-order valence-electron chi connectivity index (χ0n) is 14.4. The van der Waals surface area contributed by atoms with Gasteiger partial charge in [0.25, 0.3) is 0 Å². The van der Waals surface area contributed by atoms with Crippen LogP contribution in [0.3, 0.4) is 0 Å². The van der Waals surface area contributed by atoms with E-state index in [0.717, 1.165) is 10.5 Å². The molecule has 0 bridgehead atoms. The summed E-state index contributed by atoms with van der Waals surface area (Å²) < 4.78 is 40.3. The second kappa shape index (κ2) is 9.24. The zero-order chi connectivity index (χ0) is 19.9. The van der Waals surface area contributed by atoms with Crippen LogP contribution in [0.15, 0.2) is 30.3 Å². The van der Waals surface area contributed by atoms with E-state index in [1.807, 2.05) is 6.07 Å². The summed E-state index contributed by atoms with van der Waals surface area (Å²) >= 11 is 0. The summed E-state index contributed by atoms with van der Waals surface area (Å²) in [6.45, 7) is -1.43. The molecule has 1 aromatic rings. The van der Waals surface area contributed by atoms with E-state index < -0.39 is 30.7 Å². The average Bonchev–Trinajstić information content (AvgIpc) is 2.64. The molecule has 148 valence electrons. The topological polar surface area (TPSA) is 87.7 Å². The lowest BCUT2D eigenvalue weighted by molar-refractivity contribution is -0.162. The summed E-state index contributed by atoms with van der Waals surface area (Å²) in [6.07, 6.45) is -4.98. The number of nitrogens with zero attached hydrogens (tertiary/aromatic N) is 1. The number of ether oxygens (including phenoxy) is 1. The lowest BCUT2D eigenvalue weighted by Crippen LogP contribution is -2.48. The standard InChI is InChI=1S/C17H20F3N3O4/c18-17(19,20)11-27-16(26)23-8-6-13(7-9-23)15(25)22-21-14(24)10-12-4-2-1-3-5-12/h1-5,13H,6-11H2,(H,21,24)(H,22,25). The largest absolute Gasteiger partial charge is 0.440 e. The van der Waals surface area contributed by atoms with Gasteiger partial charge in [-0.25, -0.2) is 4.79 Å². The fourth-order valence-corrected chi connectivity index (χ4v) is 2.62. The first-order valence-electron chi connectivity index (χ1n) is 8.35. The van der Waals surface area contributed by atoms with E-state index in [9.17, 15) is 27.6 Å². The van der Waals surface area contributed by atoms with Crippen molar-refractivity contribution in [2.45, 2.75) is 25.4 Å². The van der Waals surface area contributed by atoms with Crippen LogP contribution >= 0.6 is 0 Å². The number of hydrogen-bond acceptors (Lipinski definition) is 4. The predicted octanol–water partition coefficient (Wildman–Crippen LogP) is 1.79. The Bertz CT molecular complexity index is 659.